The molecule has 2 aromatic rings. The fourth-order valence-corrected chi connectivity index (χ4v) is 8.40. The minimum Gasteiger partial charge on any atom is -0.455 e. The summed E-state index contributed by atoms with van der Waals surface area (Å²) in [5.74, 6) is -4.03. The van der Waals surface area contributed by atoms with Crippen LogP contribution in [0.1, 0.15) is 43.4 Å². The summed E-state index contributed by atoms with van der Waals surface area (Å²) in [7, 11) is 0. The van der Waals surface area contributed by atoms with Crippen molar-refractivity contribution in [1.29, 1.82) is 0 Å². The zero-order chi connectivity index (χ0) is 33.5. The number of aryl methyl sites for hydroxylation is 1. The fourth-order valence-electron chi connectivity index (χ4n) is 7.34. The summed E-state index contributed by atoms with van der Waals surface area (Å²) in [6.45, 7) is 3.41. The molecular weight excluding hydrogens is 690 g/mol. The van der Waals surface area contributed by atoms with Crippen molar-refractivity contribution < 1.29 is 33.8 Å². The number of benzene rings is 2. The van der Waals surface area contributed by atoms with Gasteiger partial charge in [0, 0.05) is 17.4 Å². The summed E-state index contributed by atoms with van der Waals surface area (Å²) in [6.07, 6.45) is 4.59. The highest BCUT2D eigenvalue weighted by molar-refractivity contribution is 9.11. The first-order valence-electron chi connectivity index (χ1n) is 15.9. The first-order chi connectivity index (χ1) is 22.6. The lowest BCUT2D eigenvalue weighted by Crippen LogP contribution is -2.58. The van der Waals surface area contributed by atoms with Gasteiger partial charge in [-0.25, -0.2) is 0 Å². The Morgan fingerprint density at radius 2 is 1.85 bits per heavy atom. The number of carbonyl (C=O) groups is 4. The summed E-state index contributed by atoms with van der Waals surface area (Å²) < 4.78 is 13.2. The smallest absolute Gasteiger partial charge is 0.313 e. The number of fused-ring (bicyclic) bond motifs is 2. The Balaban J connectivity index is 1.50. The number of amides is 3. The van der Waals surface area contributed by atoms with E-state index in [2.05, 4.69) is 21.2 Å². The van der Waals surface area contributed by atoms with E-state index >= 15 is 4.79 Å². The molecule has 3 amide bonds. The van der Waals surface area contributed by atoms with Gasteiger partial charge in [-0.1, -0.05) is 89.1 Å². The van der Waals surface area contributed by atoms with Gasteiger partial charge in [0.25, 0.3) is 5.91 Å². The van der Waals surface area contributed by atoms with E-state index in [9.17, 15) is 19.5 Å². The van der Waals surface area contributed by atoms with Crippen molar-refractivity contribution in [2.45, 2.75) is 63.0 Å². The molecule has 2 aromatic carbocycles. The first-order valence-corrected chi connectivity index (χ1v) is 17.0. The van der Waals surface area contributed by atoms with E-state index in [4.69, 9.17) is 21.1 Å². The van der Waals surface area contributed by atoms with Crippen LogP contribution in [0.15, 0.2) is 71.2 Å². The molecule has 2 saturated heterocycles. The van der Waals surface area contributed by atoms with Crippen LogP contribution in [0.3, 0.4) is 0 Å². The van der Waals surface area contributed by atoms with Gasteiger partial charge >= 0.3 is 5.97 Å². The lowest BCUT2D eigenvalue weighted by Gasteiger charge is -2.39. The molecule has 2 N–H and O–H groups in total. The Morgan fingerprint density at radius 3 is 2.55 bits per heavy atom. The average Bonchev–Trinajstić information content (AvgIpc) is 3.65. The number of hydrogen-bond acceptors (Lipinski definition) is 7. The maximum Gasteiger partial charge on any atom is 0.313 e. The summed E-state index contributed by atoms with van der Waals surface area (Å²) in [4.78, 5) is 59.6. The van der Waals surface area contributed by atoms with Crippen LogP contribution in [-0.4, -0.2) is 77.2 Å². The zero-order valence-corrected chi connectivity index (χ0v) is 28.4. The number of likely N-dealkylation sites (tertiary alicyclic amines) is 1. The lowest BCUT2D eigenvalue weighted by molar-refractivity contribution is -0.160. The molecule has 12 heteroatoms. The molecule has 4 aliphatic heterocycles. The van der Waals surface area contributed by atoms with Crippen LogP contribution in [0.5, 0.6) is 0 Å². The molecule has 0 aromatic heterocycles. The molecule has 5 bridgehead atoms. The van der Waals surface area contributed by atoms with Crippen molar-refractivity contribution in [1.82, 2.24) is 10.2 Å². The quantitative estimate of drug-likeness (QED) is 0.346. The number of cyclic esters (lactones) is 1. The average molecular weight is 727 g/mol. The van der Waals surface area contributed by atoms with Gasteiger partial charge in [-0.3, -0.25) is 19.2 Å². The second-order valence-corrected chi connectivity index (χ2v) is 13.6. The molecule has 4 aliphatic rings. The number of rotatable bonds is 5. The van der Waals surface area contributed by atoms with Crippen LogP contribution in [0, 0.1) is 18.8 Å². The van der Waals surface area contributed by atoms with Gasteiger partial charge in [0.15, 0.2) is 0 Å². The molecule has 0 aliphatic carbocycles. The van der Waals surface area contributed by atoms with Gasteiger partial charge < -0.3 is 29.7 Å². The van der Waals surface area contributed by atoms with Crippen LogP contribution < -0.4 is 10.2 Å². The minimum atomic E-state index is -1.52. The summed E-state index contributed by atoms with van der Waals surface area (Å²) in [6, 6.07) is 12.5. The van der Waals surface area contributed by atoms with E-state index in [0.717, 1.165) is 5.56 Å². The van der Waals surface area contributed by atoms with E-state index in [1.54, 1.807) is 36.4 Å². The molecule has 1 spiro atoms. The van der Waals surface area contributed by atoms with E-state index in [0.29, 0.717) is 33.6 Å². The predicted octanol–water partition coefficient (Wildman–Crippen LogP) is 4.38. The second kappa shape index (κ2) is 13.5. The number of nitrogens with zero attached hydrogens (tertiary/aromatic N) is 2. The van der Waals surface area contributed by atoms with Crippen LogP contribution in [0.2, 0.25) is 5.02 Å². The molecular formula is C35H37BrClN3O7. The normalized spacial score (nSPS) is 30.9. The molecule has 6 rings (SSSR count). The summed E-state index contributed by atoms with van der Waals surface area (Å²) in [5.41, 5.74) is 0.370. The maximum absolute atomic E-state index is 15.0. The molecule has 4 heterocycles. The number of anilines is 1. The monoisotopic (exact) mass is 725 g/mol. The molecule has 0 saturated carbocycles. The molecule has 7 atom stereocenters. The third kappa shape index (κ3) is 5.81. The fraction of sp³-hybridized carbons (Fsp3) is 0.429. The second-order valence-electron chi connectivity index (χ2n) is 12.3. The van der Waals surface area contributed by atoms with Crippen molar-refractivity contribution >= 4 is 56.9 Å². The van der Waals surface area contributed by atoms with E-state index in [1.807, 2.05) is 44.2 Å². The van der Waals surface area contributed by atoms with Gasteiger partial charge in [0.1, 0.15) is 29.8 Å². The Morgan fingerprint density at radius 1 is 1.09 bits per heavy atom. The zero-order valence-electron chi connectivity index (χ0n) is 26.1. The molecule has 0 radical (unpaired) electrons. The molecule has 248 valence electrons. The number of halogens is 2. The first kappa shape index (κ1) is 33.4. The van der Waals surface area contributed by atoms with Crippen LogP contribution >= 0.6 is 27.5 Å². The van der Waals surface area contributed by atoms with Crippen molar-refractivity contribution in [2.24, 2.45) is 11.8 Å². The number of aliphatic hydroxyl groups excluding tert-OH is 1. The summed E-state index contributed by atoms with van der Waals surface area (Å²) >= 11 is 10.3. The molecule has 2 fully saturated rings. The number of nitrogens with one attached hydrogen (secondary N) is 1. The standard InChI is InChI=1S/C35H37BrClN3O7/c1-3-22(19-41)40-31-33(44)39(29-20(2)11-10-14-24(29)37)16-9-5-8-15-26(42)38-18-25(21-12-6-4-7-13-21)46-34(45)27-28(32(40)43)35(31)17-23(36)30(27)47-35/h4-7,9-14,17,22,25,27-28,30-31,41H,3,8,15-16,18-19H2,1-2H3,(H,38,42)/b9-5-/t22-,25+,27+,28-,30+,31+,35-/m0/s1. The highest BCUT2D eigenvalue weighted by Gasteiger charge is 2.75. The topological polar surface area (TPSA) is 125 Å². The lowest BCUT2D eigenvalue weighted by atomic mass is 9.74. The van der Waals surface area contributed by atoms with Crippen LogP contribution in [0.25, 0.3) is 0 Å². The van der Waals surface area contributed by atoms with E-state index < -0.39 is 59.5 Å². The SMILES string of the molecule is CC[C@@H](CO)N1C(=O)[C@@H]2[C@H]3C(=O)O[C@@H](c4ccccc4)CNC(=O)CC/C=C\CN(c4c(C)cccc4Cl)C(=O)[C@@H]1[C@]21C=C(Br)[C@H]3O1. The molecule has 0 unspecified atom stereocenters. The third-order valence-corrected chi connectivity index (χ3v) is 10.6. The number of carbonyl (C=O) groups excluding carboxylic acids is 4. The van der Waals surface area contributed by atoms with E-state index in [1.165, 1.54) is 9.80 Å². The Bertz CT molecular complexity index is 1610. The van der Waals surface area contributed by atoms with Crippen molar-refractivity contribution in [3.8, 4) is 0 Å². The number of aliphatic hydroxyl groups is 1. The third-order valence-electron chi connectivity index (χ3n) is 9.58. The van der Waals surface area contributed by atoms with Gasteiger partial charge in [-0.2, -0.15) is 0 Å². The van der Waals surface area contributed by atoms with E-state index in [-0.39, 0.29) is 32.0 Å². The molecule has 10 nitrogen and oxygen atoms in total. The minimum absolute atomic E-state index is 0.0343. The van der Waals surface area contributed by atoms with Gasteiger partial charge in [-0.15, -0.1) is 0 Å². The van der Waals surface area contributed by atoms with Gasteiger partial charge in [0.2, 0.25) is 11.8 Å². The van der Waals surface area contributed by atoms with Crippen molar-refractivity contribution in [2.75, 3.05) is 24.6 Å². The Hall–Kier alpha value is -3.51. The number of para-hydroxylation sites is 1. The predicted molar refractivity (Wildman–Crippen MR) is 179 cm³/mol. The van der Waals surface area contributed by atoms with Crippen LogP contribution in [-0.2, 0) is 28.7 Å². The highest BCUT2D eigenvalue weighted by Crippen LogP contribution is 2.59. The highest BCUT2D eigenvalue weighted by atomic mass is 79.9. The number of hydrogen-bond donors (Lipinski definition) is 2. The Kier molecular flexibility index (Phi) is 9.62. The maximum atomic E-state index is 15.0. The number of allylic oxidation sites excluding steroid dienone is 1. The summed E-state index contributed by atoms with van der Waals surface area (Å²) in [5, 5.41) is 13.7. The van der Waals surface area contributed by atoms with Crippen LogP contribution in [0.4, 0.5) is 5.69 Å². The Labute approximate surface area is 286 Å². The number of esters is 1. The van der Waals surface area contributed by atoms with Gasteiger partial charge in [-0.05, 0) is 43.0 Å². The van der Waals surface area contributed by atoms with Crippen molar-refractivity contribution in [3.05, 3.63) is 87.4 Å². The van der Waals surface area contributed by atoms with Crippen molar-refractivity contribution in [3.63, 3.8) is 0 Å². The largest absolute Gasteiger partial charge is 0.455 e. The van der Waals surface area contributed by atoms with Gasteiger partial charge in [0.05, 0.1) is 35.8 Å². The number of ether oxygens (including phenoxy) is 2. The molecule has 47 heavy (non-hydrogen) atoms.